The van der Waals surface area contributed by atoms with Crippen molar-refractivity contribution in [3.8, 4) is 17.5 Å². The van der Waals surface area contributed by atoms with Gasteiger partial charge in [0, 0.05) is 13.7 Å². The van der Waals surface area contributed by atoms with Crippen LogP contribution in [0, 0.1) is 11.3 Å². The minimum Gasteiger partial charge on any atom is -0.495 e. The van der Waals surface area contributed by atoms with E-state index in [1.807, 2.05) is 6.07 Å². The number of nitrogens with zero attached hydrogens (tertiary/aromatic N) is 5. The fraction of sp³-hybridized carbons (Fsp3) is 0.217. The molecule has 4 rings (SSSR count). The lowest BCUT2D eigenvalue weighted by molar-refractivity contribution is 0.184. The summed E-state index contributed by atoms with van der Waals surface area (Å²) in [5.74, 6) is 0.476. The van der Waals surface area contributed by atoms with Gasteiger partial charge in [0.05, 0.1) is 43.9 Å². The van der Waals surface area contributed by atoms with Gasteiger partial charge in [0.2, 0.25) is 0 Å². The molecule has 9 heteroatoms. The van der Waals surface area contributed by atoms with Crippen molar-refractivity contribution >= 4 is 11.2 Å². The van der Waals surface area contributed by atoms with Crippen molar-refractivity contribution < 1.29 is 9.47 Å². The van der Waals surface area contributed by atoms with Gasteiger partial charge in [-0.3, -0.25) is 9.36 Å². The van der Waals surface area contributed by atoms with Crippen molar-refractivity contribution in [2.75, 3.05) is 20.8 Å². The summed E-state index contributed by atoms with van der Waals surface area (Å²) in [6.45, 7) is 0.606. The Balaban J connectivity index is 1.99. The van der Waals surface area contributed by atoms with Crippen LogP contribution in [-0.4, -0.2) is 39.5 Å². The minimum atomic E-state index is -0.527. The van der Waals surface area contributed by atoms with Gasteiger partial charge in [-0.2, -0.15) is 5.26 Å². The number of methoxy groups -OCH3 is 2. The third-order valence-electron chi connectivity index (χ3n) is 5.15. The summed E-state index contributed by atoms with van der Waals surface area (Å²) >= 11 is 0. The van der Waals surface area contributed by atoms with Gasteiger partial charge in [-0.15, -0.1) is 0 Å². The summed E-state index contributed by atoms with van der Waals surface area (Å²) in [6, 6.07) is 16.3. The van der Waals surface area contributed by atoms with Crippen molar-refractivity contribution in [2.24, 2.45) is 0 Å². The van der Waals surface area contributed by atoms with E-state index in [-0.39, 0.29) is 24.3 Å². The summed E-state index contributed by atoms with van der Waals surface area (Å²) in [5, 5.41) is 9.18. The van der Waals surface area contributed by atoms with Gasteiger partial charge in [0.1, 0.15) is 5.75 Å². The highest BCUT2D eigenvalue weighted by Crippen LogP contribution is 2.23. The van der Waals surface area contributed by atoms with Crippen LogP contribution in [-0.2, 0) is 17.8 Å². The number of benzene rings is 2. The Kier molecular flexibility index (Phi) is 5.87. The molecule has 0 unspecified atom stereocenters. The number of para-hydroxylation sites is 2. The maximum atomic E-state index is 13.4. The molecule has 2 aromatic carbocycles. The second-order valence-corrected chi connectivity index (χ2v) is 7.10. The molecule has 0 aliphatic carbocycles. The summed E-state index contributed by atoms with van der Waals surface area (Å²) in [6.07, 6.45) is 1.52. The standard InChI is InChI=1S/C23H21N5O4/c1-31-11-10-27-22(29)20-21(28(23(27)30)18-8-3-4-9-19(18)32-2)25-15-26(20)14-17-7-5-6-16(12-17)13-24/h3-9,12,15H,10-11,14H2,1-2H3. The lowest BCUT2D eigenvalue weighted by atomic mass is 10.1. The zero-order chi connectivity index (χ0) is 22.7. The van der Waals surface area contributed by atoms with Gasteiger partial charge in [0.25, 0.3) is 5.56 Å². The van der Waals surface area contributed by atoms with Crippen LogP contribution in [0.25, 0.3) is 16.9 Å². The SMILES string of the molecule is COCCn1c(=O)c2c(ncn2Cc2cccc(C#N)c2)n(-c2ccccc2OC)c1=O. The molecule has 0 amide bonds. The fourth-order valence-corrected chi connectivity index (χ4v) is 3.65. The number of imidazole rings is 1. The van der Waals surface area contributed by atoms with Gasteiger partial charge in [-0.25, -0.2) is 14.3 Å². The third-order valence-corrected chi connectivity index (χ3v) is 5.15. The molecule has 0 N–H and O–H groups in total. The predicted octanol–water partition coefficient (Wildman–Crippen LogP) is 1.92. The highest BCUT2D eigenvalue weighted by molar-refractivity contribution is 5.73. The van der Waals surface area contributed by atoms with Crippen LogP contribution in [0.1, 0.15) is 11.1 Å². The molecule has 0 aliphatic rings. The van der Waals surface area contributed by atoms with Crippen LogP contribution in [0.3, 0.4) is 0 Å². The van der Waals surface area contributed by atoms with Gasteiger partial charge in [0.15, 0.2) is 11.2 Å². The molecule has 162 valence electrons. The molecule has 9 nitrogen and oxygen atoms in total. The highest BCUT2D eigenvalue weighted by Gasteiger charge is 2.21. The van der Waals surface area contributed by atoms with Crippen LogP contribution in [0.4, 0.5) is 0 Å². The van der Waals surface area contributed by atoms with E-state index in [0.717, 1.165) is 10.1 Å². The van der Waals surface area contributed by atoms with E-state index < -0.39 is 11.2 Å². The minimum absolute atomic E-state index is 0.0916. The summed E-state index contributed by atoms with van der Waals surface area (Å²) in [7, 11) is 3.03. The Hall–Kier alpha value is -4.16. The maximum Gasteiger partial charge on any atom is 0.337 e. The molecule has 32 heavy (non-hydrogen) atoms. The van der Waals surface area contributed by atoms with Crippen LogP contribution in [0.15, 0.2) is 64.4 Å². The molecule has 0 bridgehead atoms. The summed E-state index contributed by atoms with van der Waals surface area (Å²) < 4.78 is 14.8. The lowest BCUT2D eigenvalue weighted by Gasteiger charge is -2.14. The van der Waals surface area contributed by atoms with Crippen molar-refractivity contribution in [1.29, 1.82) is 5.26 Å². The van der Waals surface area contributed by atoms with Gasteiger partial charge in [-0.1, -0.05) is 24.3 Å². The maximum absolute atomic E-state index is 13.4. The normalized spacial score (nSPS) is 10.9. The second kappa shape index (κ2) is 8.91. The number of nitriles is 1. The van der Waals surface area contributed by atoms with Crippen LogP contribution in [0.2, 0.25) is 0 Å². The molecule has 0 fully saturated rings. The molecule has 0 spiro atoms. The third kappa shape index (κ3) is 3.68. The smallest absolute Gasteiger partial charge is 0.337 e. The number of fused-ring (bicyclic) bond motifs is 1. The van der Waals surface area contributed by atoms with E-state index in [9.17, 15) is 14.9 Å². The highest BCUT2D eigenvalue weighted by atomic mass is 16.5. The monoisotopic (exact) mass is 431 g/mol. The Morgan fingerprint density at radius 2 is 1.91 bits per heavy atom. The Morgan fingerprint density at radius 1 is 1.09 bits per heavy atom. The molecule has 0 radical (unpaired) electrons. The fourth-order valence-electron chi connectivity index (χ4n) is 3.65. The number of ether oxygens (including phenoxy) is 2. The van der Waals surface area contributed by atoms with Crippen LogP contribution < -0.4 is 16.0 Å². The molecule has 0 atom stereocenters. The molecule has 0 saturated carbocycles. The molecule has 2 heterocycles. The van der Waals surface area contributed by atoms with E-state index >= 15 is 0 Å². The van der Waals surface area contributed by atoms with Gasteiger partial charge < -0.3 is 14.0 Å². The van der Waals surface area contributed by atoms with Crippen molar-refractivity contribution in [1.82, 2.24) is 18.7 Å². The van der Waals surface area contributed by atoms with Crippen molar-refractivity contribution in [3.63, 3.8) is 0 Å². The van der Waals surface area contributed by atoms with E-state index in [1.165, 1.54) is 25.1 Å². The quantitative estimate of drug-likeness (QED) is 0.443. The predicted molar refractivity (Wildman–Crippen MR) is 118 cm³/mol. The zero-order valence-electron chi connectivity index (χ0n) is 17.7. The number of hydrogen-bond acceptors (Lipinski definition) is 6. The van der Waals surface area contributed by atoms with E-state index in [2.05, 4.69) is 11.1 Å². The Morgan fingerprint density at radius 3 is 2.66 bits per heavy atom. The largest absolute Gasteiger partial charge is 0.495 e. The molecule has 4 aromatic rings. The molecule has 0 saturated heterocycles. The second-order valence-electron chi connectivity index (χ2n) is 7.10. The van der Waals surface area contributed by atoms with E-state index in [0.29, 0.717) is 23.5 Å². The van der Waals surface area contributed by atoms with E-state index in [4.69, 9.17) is 9.47 Å². The first-order chi connectivity index (χ1) is 15.6. The number of rotatable bonds is 7. The lowest BCUT2D eigenvalue weighted by Crippen LogP contribution is -2.41. The van der Waals surface area contributed by atoms with Crippen molar-refractivity contribution in [2.45, 2.75) is 13.1 Å². The van der Waals surface area contributed by atoms with Crippen LogP contribution >= 0.6 is 0 Å². The van der Waals surface area contributed by atoms with Gasteiger partial charge >= 0.3 is 5.69 Å². The molecular formula is C23H21N5O4. The molecule has 2 aromatic heterocycles. The molecular weight excluding hydrogens is 410 g/mol. The Bertz CT molecular complexity index is 1440. The topological polar surface area (TPSA) is 104 Å². The van der Waals surface area contributed by atoms with Crippen molar-refractivity contribution in [3.05, 3.63) is 86.8 Å². The summed E-state index contributed by atoms with van der Waals surface area (Å²) in [4.78, 5) is 31.1. The number of hydrogen-bond donors (Lipinski definition) is 0. The average molecular weight is 431 g/mol. The van der Waals surface area contributed by atoms with E-state index in [1.54, 1.807) is 47.0 Å². The molecule has 0 aliphatic heterocycles. The zero-order valence-corrected chi connectivity index (χ0v) is 17.7. The Labute approximate surface area is 183 Å². The summed E-state index contributed by atoms with van der Waals surface area (Å²) in [5.41, 5.74) is 1.36. The first kappa shape index (κ1) is 21.1. The first-order valence-electron chi connectivity index (χ1n) is 9.91. The van der Waals surface area contributed by atoms with Crippen LogP contribution in [0.5, 0.6) is 5.75 Å². The number of aromatic nitrogens is 4. The first-order valence-corrected chi connectivity index (χ1v) is 9.91. The van der Waals surface area contributed by atoms with Gasteiger partial charge in [-0.05, 0) is 29.8 Å². The average Bonchev–Trinajstić information content (AvgIpc) is 3.22.